The minimum absolute atomic E-state index is 0.00315. The number of carbonyl (C=O) groups is 1. The zero-order valence-corrected chi connectivity index (χ0v) is 19.4. The number of nitrogens with one attached hydrogen (secondary N) is 1. The third-order valence-electron chi connectivity index (χ3n) is 5.44. The molecule has 1 amide bonds. The number of rotatable bonds is 7. The highest BCUT2D eigenvalue weighted by molar-refractivity contribution is 8.15. The molecule has 3 N–H and O–H groups in total. The fourth-order valence-electron chi connectivity index (χ4n) is 3.54. The molecule has 1 aliphatic carbocycles. The van der Waals surface area contributed by atoms with Gasteiger partial charge in [0.25, 0.3) is 5.23 Å². The molecule has 0 aromatic carbocycles. The molecule has 1 aliphatic heterocycles. The number of halogens is 2. The van der Waals surface area contributed by atoms with Gasteiger partial charge >= 0.3 is 6.09 Å². The number of hydrogen-bond acceptors (Lipinski definition) is 7. The molecule has 30 heavy (non-hydrogen) atoms. The zero-order chi connectivity index (χ0) is 22.2. The molecule has 1 aromatic heterocycles. The highest BCUT2D eigenvalue weighted by atomic mass is 32.2. The van der Waals surface area contributed by atoms with Crippen LogP contribution in [0, 0.1) is 11.9 Å². The van der Waals surface area contributed by atoms with Crippen molar-refractivity contribution in [1.82, 2.24) is 10.3 Å². The summed E-state index contributed by atoms with van der Waals surface area (Å²) in [6, 6.07) is 2.43. The van der Waals surface area contributed by atoms with E-state index in [9.17, 15) is 13.6 Å². The minimum Gasteiger partial charge on any atom is -0.397 e. The number of ether oxygens (including phenoxy) is 2. The van der Waals surface area contributed by atoms with Crippen molar-refractivity contribution in [2.45, 2.75) is 49.3 Å². The average molecular weight is 459 g/mol. The van der Waals surface area contributed by atoms with Crippen molar-refractivity contribution in [2.24, 2.45) is 10.9 Å². The second-order valence-electron chi connectivity index (χ2n) is 9.12. The van der Waals surface area contributed by atoms with Gasteiger partial charge in [-0.05, 0) is 25.5 Å². The summed E-state index contributed by atoms with van der Waals surface area (Å²) in [6.07, 6.45) is 0.943. The van der Waals surface area contributed by atoms with Crippen molar-refractivity contribution >= 4 is 36.8 Å². The van der Waals surface area contributed by atoms with E-state index in [0.29, 0.717) is 13.0 Å². The number of pyridine rings is 1. The van der Waals surface area contributed by atoms with Gasteiger partial charge in [-0.2, -0.15) is 4.39 Å². The molecule has 1 saturated carbocycles. The molecule has 0 bridgehead atoms. The first-order chi connectivity index (χ1) is 14.0. The van der Waals surface area contributed by atoms with Crippen molar-refractivity contribution in [1.29, 1.82) is 0 Å². The number of fused-ring (bicyclic) bond motifs is 1. The van der Waals surface area contributed by atoms with E-state index >= 15 is 0 Å². The van der Waals surface area contributed by atoms with E-state index in [-0.39, 0.29) is 29.1 Å². The van der Waals surface area contributed by atoms with Gasteiger partial charge in [0, 0.05) is 26.2 Å². The Bertz CT molecular complexity index is 854. The van der Waals surface area contributed by atoms with Crippen LogP contribution in [0.3, 0.4) is 0 Å². The molecule has 0 spiro atoms. The number of alkyl halides is 1. The average Bonchev–Trinajstić information content (AvgIpc) is 3.38. The summed E-state index contributed by atoms with van der Waals surface area (Å²) in [5.74, 6) is -0.972. The summed E-state index contributed by atoms with van der Waals surface area (Å²) in [5.41, 5.74) is 5.09. The molecule has 0 saturated heterocycles. The zero-order valence-electron chi connectivity index (χ0n) is 17.6. The van der Waals surface area contributed by atoms with Crippen LogP contribution in [0.5, 0.6) is 0 Å². The molecule has 0 unspecified atom stereocenters. The second-order valence-corrected chi connectivity index (χ2v) is 16.1. The quantitative estimate of drug-likeness (QED) is 0.278. The van der Waals surface area contributed by atoms with Crippen LogP contribution in [0.25, 0.3) is 0 Å². The molecule has 3 atom stereocenters. The number of nitrogen functional groups attached to an aromatic ring is 1. The first-order valence-corrected chi connectivity index (χ1v) is 14.3. The van der Waals surface area contributed by atoms with E-state index in [1.807, 2.05) is 0 Å². The van der Waals surface area contributed by atoms with Crippen LogP contribution in [-0.4, -0.2) is 49.1 Å². The first-order valence-electron chi connectivity index (χ1n) is 9.79. The number of nitrogens with zero attached hydrogens (tertiary/aromatic N) is 2. The fourth-order valence-corrected chi connectivity index (χ4v) is 5.67. The van der Waals surface area contributed by atoms with E-state index in [1.54, 1.807) is 6.92 Å². The van der Waals surface area contributed by atoms with Crippen LogP contribution in [0.15, 0.2) is 17.3 Å². The number of hydrogen-bond donors (Lipinski definition) is 2. The maximum absolute atomic E-state index is 14.5. The summed E-state index contributed by atoms with van der Waals surface area (Å²) >= 11 is 1.07. The van der Waals surface area contributed by atoms with Gasteiger partial charge in [0.05, 0.1) is 22.2 Å². The lowest BCUT2D eigenvalue weighted by Crippen LogP contribution is -2.37. The van der Waals surface area contributed by atoms with Gasteiger partial charge in [-0.15, -0.1) is 0 Å². The smallest absolute Gasteiger partial charge is 0.397 e. The van der Waals surface area contributed by atoms with Crippen molar-refractivity contribution < 1.29 is 23.0 Å². The monoisotopic (exact) mass is 458 g/mol. The molecule has 1 aromatic rings. The van der Waals surface area contributed by atoms with Crippen molar-refractivity contribution in [3.8, 4) is 0 Å². The van der Waals surface area contributed by atoms with Crippen molar-refractivity contribution in [3.05, 3.63) is 23.8 Å². The lowest BCUT2D eigenvalue weighted by Gasteiger charge is -2.33. The number of anilines is 1. The summed E-state index contributed by atoms with van der Waals surface area (Å²) < 4.78 is 38.2. The molecular formula is C19H28F2N4O3SSi. The fraction of sp³-hybridized carbons (Fsp3) is 0.632. The van der Waals surface area contributed by atoms with Crippen LogP contribution in [0.4, 0.5) is 19.3 Å². The number of alkyl carbamates (subject to hydrolysis) is 1. The first kappa shape index (κ1) is 23.0. The van der Waals surface area contributed by atoms with Gasteiger partial charge < -0.3 is 15.2 Å². The van der Waals surface area contributed by atoms with E-state index in [0.717, 1.165) is 17.8 Å². The van der Waals surface area contributed by atoms with Gasteiger partial charge in [-0.1, -0.05) is 31.4 Å². The number of aromatic nitrogens is 1. The lowest BCUT2D eigenvalue weighted by molar-refractivity contribution is 0.120. The van der Waals surface area contributed by atoms with Gasteiger partial charge in [-0.3, -0.25) is 5.32 Å². The molecule has 3 rings (SSSR count). The van der Waals surface area contributed by atoms with Gasteiger partial charge in [0.15, 0.2) is 0 Å². The molecule has 7 nitrogen and oxygen atoms in total. The lowest BCUT2D eigenvalue weighted by atomic mass is 9.87. The third kappa shape index (κ3) is 4.94. The predicted octanol–water partition coefficient (Wildman–Crippen LogP) is 3.89. The minimum atomic E-state index is -1.21. The van der Waals surface area contributed by atoms with Crippen LogP contribution in [-0.2, 0) is 15.0 Å². The molecule has 166 valence electrons. The molecule has 11 heteroatoms. The Hall–Kier alpha value is -1.72. The van der Waals surface area contributed by atoms with Crippen LogP contribution in [0.1, 0.15) is 18.9 Å². The number of aliphatic imine (C=N–C) groups is 1. The maximum Gasteiger partial charge on any atom is 0.416 e. The van der Waals surface area contributed by atoms with Gasteiger partial charge in [0.1, 0.15) is 13.4 Å². The highest BCUT2D eigenvalue weighted by Gasteiger charge is 2.67. The normalized spacial score (nSPS) is 27.8. The Kier molecular flexibility index (Phi) is 6.45. The van der Waals surface area contributed by atoms with Crippen LogP contribution < -0.4 is 11.1 Å². The Labute approximate surface area is 180 Å². The van der Waals surface area contributed by atoms with Gasteiger partial charge in [0.2, 0.25) is 5.95 Å². The summed E-state index contributed by atoms with van der Waals surface area (Å²) in [5, 5.41) is 2.49. The molecule has 0 radical (unpaired) electrons. The Morgan fingerprint density at radius 1 is 1.47 bits per heavy atom. The number of carbonyl (C=O) groups excluding carboxylic acids is 1. The SMILES string of the molecule is C[C@]1(c2cc(N)cnc2F)N=C(OC(=O)NCOCC[Si](C)(C)C)S[C@@]2(CF)C[C@H]21. The highest BCUT2D eigenvalue weighted by Crippen LogP contribution is 2.66. The third-order valence-corrected chi connectivity index (χ3v) is 8.46. The summed E-state index contributed by atoms with van der Waals surface area (Å²) in [4.78, 5) is 20.3. The topological polar surface area (TPSA) is 98.8 Å². The second kappa shape index (κ2) is 8.43. The van der Waals surface area contributed by atoms with Crippen LogP contribution >= 0.6 is 11.8 Å². The van der Waals surface area contributed by atoms with Crippen molar-refractivity contribution in [2.75, 3.05) is 25.7 Å². The number of nitrogens with two attached hydrogens (primary N) is 1. The standard InChI is InChI=1S/C19H28F2N4O3SSi/c1-18(13-7-12(22)9-23-15(13)21)14-8-19(14,10-20)29-17(25-18)28-16(26)24-11-27-5-6-30(2,3)4/h7,9,14H,5-6,8,10-11,22H2,1-4H3,(H,24,26)/t14-,18+,19+/m0/s1. The molecular weight excluding hydrogens is 430 g/mol. The predicted molar refractivity (Wildman–Crippen MR) is 116 cm³/mol. The van der Waals surface area contributed by atoms with E-state index < -0.39 is 37.1 Å². The van der Waals surface area contributed by atoms with Crippen molar-refractivity contribution in [3.63, 3.8) is 0 Å². The molecule has 2 heterocycles. The van der Waals surface area contributed by atoms with E-state index in [1.165, 1.54) is 12.3 Å². The largest absolute Gasteiger partial charge is 0.416 e. The molecule has 2 aliphatic rings. The maximum atomic E-state index is 14.5. The Morgan fingerprint density at radius 2 is 2.20 bits per heavy atom. The Balaban J connectivity index is 1.69. The van der Waals surface area contributed by atoms with E-state index in [4.69, 9.17) is 15.2 Å². The Morgan fingerprint density at radius 3 is 2.87 bits per heavy atom. The molecule has 1 fully saturated rings. The summed E-state index contributed by atoms with van der Waals surface area (Å²) in [7, 11) is -1.21. The van der Waals surface area contributed by atoms with Gasteiger partial charge in [-0.25, -0.2) is 19.2 Å². The van der Waals surface area contributed by atoms with Crippen LogP contribution in [0.2, 0.25) is 25.7 Å². The number of thioether (sulfide) groups is 1. The number of amides is 1. The summed E-state index contributed by atoms with van der Waals surface area (Å²) in [6.45, 7) is 8.31. The van der Waals surface area contributed by atoms with E-state index in [2.05, 4.69) is 34.9 Å².